The maximum Gasteiger partial charge on any atom is 0.272 e. The zero-order chi connectivity index (χ0) is 13.5. The number of rotatable bonds is 4. The van der Waals surface area contributed by atoms with Gasteiger partial charge in [-0.05, 0) is 17.9 Å². The first-order valence-corrected chi connectivity index (χ1v) is 6.36. The third kappa shape index (κ3) is 4.17. The molecule has 0 unspecified atom stereocenters. The molecule has 0 aliphatic carbocycles. The molecule has 3 N–H and O–H groups in total. The number of thiophene rings is 1. The van der Waals surface area contributed by atoms with E-state index in [1.807, 2.05) is 6.92 Å². The summed E-state index contributed by atoms with van der Waals surface area (Å²) in [6, 6.07) is 1.59. The second-order valence-electron chi connectivity index (χ2n) is 3.60. The molecule has 0 aliphatic heterocycles. The van der Waals surface area contributed by atoms with Crippen molar-refractivity contribution < 1.29 is 14.4 Å². The smallest absolute Gasteiger partial charge is 0.272 e. The Morgan fingerprint density at radius 1 is 1.28 bits per heavy atom. The molecule has 1 aromatic heterocycles. The monoisotopic (exact) mass is 269 g/mol. The Morgan fingerprint density at radius 2 is 2.00 bits per heavy atom. The normalized spacial score (nSPS) is 9.67. The summed E-state index contributed by atoms with van der Waals surface area (Å²) in [5.41, 5.74) is 4.77. The minimum absolute atomic E-state index is 0.131. The number of amides is 3. The second-order valence-corrected chi connectivity index (χ2v) is 4.51. The predicted octanol–water partition coefficient (Wildman–Crippen LogP) is 1.27. The Kier molecular flexibility index (Phi) is 5.31. The van der Waals surface area contributed by atoms with Crippen molar-refractivity contribution in [2.45, 2.75) is 26.7 Å². The van der Waals surface area contributed by atoms with Crippen LogP contribution in [0.3, 0.4) is 0 Å². The lowest BCUT2D eigenvalue weighted by atomic mass is 10.3. The SMILES string of the molecule is CCCC(=O)Nc1sccc1C(=O)NNC(C)=O. The molecule has 6 nitrogen and oxygen atoms in total. The van der Waals surface area contributed by atoms with Gasteiger partial charge in [0, 0.05) is 13.3 Å². The Hall–Kier alpha value is -1.89. The molecule has 0 spiro atoms. The first-order valence-electron chi connectivity index (χ1n) is 5.48. The van der Waals surface area contributed by atoms with Gasteiger partial charge in [0.2, 0.25) is 11.8 Å². The molecule has 98 valence electrons. The van der Waals surface area contributed by atoms with Crippen LogP contribution in [0.4, 0.5) is 5.00 Å². The van der Waals surface area contributed by atoms with E-state index in [-0.39, 0.29) is 11.8 Å². The molecule has 0 aliphatic rings. The van der Waals surface area contributed by atoms with Crippen LogP contribution in [0, 0.1) is 0 Å². The minimum Gasteiger partial charge on any atom is -0.317 e. The third-order valence-corrected chi connectivity index (χ3v) is 2.82. The van der Waals surface area contributed by atoms with E-state index >= 15 is 0 Å². The number of hydrogen-bond acceptors (Lipinski definition) is 4. The zero-order valence-corrected chi connectivity index (χ0v) is 11.0. The van der Waals surface area contributed by atoms with Crippen LogP contribution in [-0.2, 0) is 9.59 Å². The summed E-state index contributed by atoms with van der Waals surface area (Å²) >= 11 is 1.26. The van der Waals surface area contributed by atoms with Crippen molar-refractivity contribution in [2.24, 2.45) is 0 Å². The van der Waals surface area contributed by atoms with Crippen molar-refractivity contribution in [2.75, 3.05) is 5.32 Å². The number of carbonyl (C=O) groups is 3. The van der Waals surface area contributed by atoms with Gasteiger partial charge in [-0.25, -0.2) is 0 Å². The Balaban J connectivity index is 2.66. The van der Waals surface area contributed by atoms with Gasteiger partial charge in [-0.3, -0.25) is 25.2 Å². The van der Waals surface area contributed by atoms with Gasteiger partial charge in [0.05, 0.1) is 5.56 Å². The number of carbonyl (C=O) groups excluding carboxylic acids is 3. The summed E-state index contributed by atoms with van der Waals surface area (Å²) in [4.78, 5) is 33.8. The summed E-state index contributed by atoms with van der Waals surface area (Å²) in [5, 5.41) is 4.85. The van der Waals surface area contributed by atoms with Gasteiger partial charge in [0.25, 0.3) is 5.91 Å². The van der Waals surface area contributed by atoms with E-state index in [1.54, 1.807) is 11.4 Å². The lowest BCUT2D eigenvalue weighted by Crippen LogP contribution is -2.40. The van der Waals surface area contributed by atoms with E-state index in [0.29, 0.717) is 17.0 Å². The summed E-state index contributed by atoms with van der Waals surface area (Å²) in [7, 11) is 0. The molecule has 7 heteroatoms. The van der Waals surface area contributed by atoms with Crippen molar-refractivity contribution in [3.05, 3.63) is 17.0 Å². The average molecular weight is 269 g/mol. The highest BCUT2D eigenvalue weighted by Gasteiger charge is 2.14. The maximum absolute atomic E-state index is 11.7. The van der Waals surface area contributed by atoms with Crippen LogP contribution in [0.2, 0.25) is 0 Å². The number of nitrogens with one attached hydrogen (secondary N) is 3. The number of anilines is 1. The highest BCUT2D eigenvalue weighted by atomic mass is 32.1. The number of hydrogen-bond donors (Lipinski definition) is 3. The van der Waals surface area contributed by atoms with E-state index in [1.165, 1.54) is 18.3 Å². The van der Waals surface area contributed by atoms with Crippen LogP contribution >= 0.6 is 11.3 Å². The molecular formula is C11H15N3O3S. The van der Waals surface area contributed by atoms with Gasteiger partial charge in [-0.15, -0.1) is 11.3 Å². The second kappa shape index (κ2) is 6.75. The molecule has 0 fully saturated rings. The van der Waals surface area contributed by atoms with Gasteiger partial charge in [-0.1, -0.05) is 6.92 Å². The maximum atomic E-state index is 11.7. The Labute approximate surface area is 109 Å². The van der Waals surface area contributed by atoms with Gasteiger partial charge in [0.1, 0.15) is 5.00 Å². The van der Waals surface area contributed by atoms with Crippen LogP contribution in [0.15, 0.2) is 11.4 Å². The summed E-state index contributed by atoms with van der Waals surface area (Å²) in [6.07, 6.45) is 1.15. The molecule has 0 radical (unpaired) electrons. The molecule has 0 bridgehead atoms. The minimum atomic E-state index is -0.460. The van der Waals surface area contributed by atoms with Gasteiger partial charge in [-0.2, -0.15) is 0 Å². The molecule has 0 aromatic carbocycles. The van der Waals surface area contributed by atoms with E-state index in [0.717, 1.165) is 6.42 Å². The molecule has 0 saturated heterocycles. The van der Waals surface area contributed by atoms with E-state index in [2.05, 4.69) is 16.2 Å². The van der Waals surface area contributed by atoms with E-state index in [4.69, 9.17) is 0 Å². The van der Waals surface area contributed by atoms with Gasteiger partial charge in [0.15, 0.2) is 0 Å². The van der Waals surface area contributed by atoms with Gasteiger partial charge >= 0.3 is 0 Å². The largest absolute Gasteiger partial charge is 0.317 e. The first kappa shape index (κ1) is 14.2. The lowest BCUT2D eigenvalue weighted by Gasteiger charge is -2.07. The first-order chi connectivity index (χ1) is 8.54. The quantitative estimate of drug-likeness (QED) is 0.719. The van der Waals surface area contributed by atoms with Crippen molar-refractivity contribution >= 4 is 34.1 Å². The fourth-order valence-corrected chi connectivity index (χ4v) is 2.01. The van der Waals surface area contributed by atoms with E-state index < -0.39 is 5.91 Å². The molecule has 1 aromatic rings. The zero-order valence-electron chi connectivity index (χ0n) is 10.2. The fraction of sp³-hybridized carbons (Fsp3) is 0.364. The molecule has 3 amide bonds. The molecule has 0 saturated carbocycles. The van der Waals surface area contributed by atoms with Crippen molar-refractivity contribution in [3.8, 4) is 0 Å². The molecule has 1 heterocycles. The molecular weight excluding hydrogens is 254 g/mol. The molecule has 0 atom stereocenters. The fourth-order valence-electron chi connectivity index (χ4n) is 1.21. The molecule has 18 heavy (non-hydrogen) atoms. The van der Waals surface area contributed by atoms with Crippen LogP contribution in [0.25, 0.3) is 0 Å². The van der Waals surface area contributed by atoms with Crippen molar-refractivity contribution in [1.82, 2.24) is 10.9 Å². The van der Waals surface area contributed by atoms with E-state index in [9.17, 15) is 14.4 Å². The lowest BCUT2D eigenvalue weighted by molar-refractivity contribution is -0.119. The van der Waals surface area contributed by atoms with Crippen LogP contribution in [0.1, 0.15) is 37.0 Å². The van der Waals surface area contributed by atoms with Crippen LogP contribution in [0.5, 0.6) is 0 Å². The highest BCUT2D eigenvalue weighted by Crippen LogP contribution is 2.23. The van der Waals surface area contributed by atoms with Gasteiger partial charge < -0.3 is 5.32 Å². The Bertz CT molecular complexity index is 456. The summed E-state index contributed by atoms with van der Waals surface area (Å²) < 4.78 is 0. The topological polar surface area (TPSA) is 87.3 Å². The van der Waals surface area contributed by atoms with Crippen molar-refractivity contribution in [1.29, 1.82) is 0 Å². The van der Waals surface area contributed by atoms with Crippen LogP contribution < -0.4 is 16.2 Å². The molecule has 1 rings (SSSR count). The average Bonchev–Trinajstić information content (AvgIpc) is 2.74. The van der Waals surface area contributed by atoms with Crippen LogP contribution in [-0.4, -0.2) is 17.7 Å². The number of hydrazine groups is 1. The Morgan fingerprint density at radius 3 is 2.61 bits per heavy atom. The third-order valence-electron chi connectivity index (χ3n) is 1.99. The standard InChI is InChI=1S/C11H15N3O3S/c1-3-4-9(16)12-11-8(5-6-18-11)10(17)14-13-7(2)15/h5-6H,3-4H2,1-2H3,(H,12,16)(H,13,15)(H,14,17). The summed E-state index contributed by atoms with van der Waals surface area (Å²) in [5.74, 6) is -0.957. The predicted molar refractivity (Wildman–Crippen MR) is 69.1 cm³/mol. The van der Waals surface area contributed by atoms with Crippen molar-refractivity contribution in [3.63, 3.8) is 0 Å². The highest BCUT2D eigenvalue weighted by molar-refractivity contribution is 7.14. The summed E-state index contributed by atoms with van der Waals surface area (Å²) in [6.45, 7) is 3.19.